The van der Waals surface area contributed by atoms with Crippen molar-refractivity contribution in [3.8, 4) is 0 Å². The number of nitrogens with one attached hydrogen (secondary N) is 2. The van der Waals surface area contributed by atoms with Crippen molar-refractivity contribution in [1.29, 1.82) is 0 Å². The highest BCUT2D eigenvalue weighted by Gasteiger charge is 2.30. The van der Waals surface area contributed by atoms with Gasteiger partial charge in [0.25, 0.3) is 11.5 Å². The zero-order valence-corrected chi connectivity index (χ0v) is 16.3. The van der Waals surface area contributed by atoms with Gasteiger partial charge in [-0.05, 0) is 31.4 Å². The van der Waals surface area contributed by atoms with Gasteiger partial charge in [0.2, 0.25) is 0 Å². The third-order valence-electron chi connectivity index (χ3n) is 5.00. The molecule has 3 aromatic rings. The first-order chi connectivity index (χ1) is 14.1. The van der Waals surface area contributed by atoms with Crippen molar-refractivity contribution < 1.29 is 9.18 Å². The minimum Gasteiger partial charge on any atom is -0.352 e. The number of pyridine rings is 1. The normalized spacial score (nSPS) is 16.5. The fraction of sp³-hybridized carbons (Fsp3) is 0.368. The summed E-state index contributed by atoms with van der Waals surface area (Å²) in [6, 6.07) is 2.77. The van der Waals surface area contributed by atoms with E-state index in [-0.39, 0.29) is 17.5 Å². The van der Waals surface area contributed by atoms with Gasteiger partial charge in [0, 0.05) is 36.9 Å². The number of halogens is 2. The van der Waals surface area contributed by atoms with Crippen LogP contribution in [0.3, 0.4) is 0 Å². The molecule has 1 amide bonds. The van der Waals surface area contributed by atoms with E-state index in [1.165, 1.54) is 16.8 Å². The quantitative estimate of drug-likeness (QED) is 0.473. The van der Waals surface area contributed by atoms with Crippen LogP contribution in [-0.4, -0.2) is 44.5 Å². The summed E-state index contributed by atoms with van der Waals surface area (Å²) < 4.78 is 15.2. The minimum absolute atomic E-state index is 0.269. The highest BCUT2D eigenvalue weighted by Crippen LogP contribution is 2.34. The highest BCUT2D eigenvalue weighted by atomic mass is 35.5. The average Bonchev–Trinajstić information content (AvgIpc) is 3.36. The Morgan fingerprint density at radius 1 is 1.45 bits per heavy atom. The van der Waals surface area contributed by atoms with Gasteiger partial charge in [-0.3, -0.25) is 9.59 Å². The second-order valence-electron chi connectivity index (χ2n) is 6.86. The molecule has 0 saturated carbocycles. The Balaban J connectivity index is 1.66. The van der Waals surface area contributed by atoms with Gasteiger partial charge in [0.15, 0.2) is 5.65 Å². The molecule has 1 atom stereocenters. The lowest BCUT2D eigenvalue weighted by molar-refractivity contribution is 0.0955. The molecule has 152 valence electrons. The van der Waals surface area contributed by atoms with Crippen molar-refractivity contribution in [2.45, 2.75) is 25.3 Å². The van der Waals surface area contributed by atoms with Gasteiger partial charge in [-0.1, -0.05) is 0 Å². The van der Waals surface area contributed by atoms with E-state index in [4.69, 9.17) is 11.6 Å². The Labute approximate surface area is 170 Å². The van der Waals surface area contributed by atoms with Crippen LogP contribution in [0.2, 0.25) is 0 Å². The first kappa shape index (κ1) is 19.4. The molecule has 1 aliphatic rings. The van der Waals surface area contributed by atoms with Crippen molar-refractivity contribution in [1.82, 2.24) is 24.9 Å². The van der Waals surface area contributed by atoms with Crippen LogP contribution in [0.25, 0.3) is 5.65 Å². The summed E-state index contributed by atoms with van der Waals surface area (Å²) in [5.74, 6) is 0.322. The molecule has 3 aromatic heterocycles. The van der Waals surface area contributed by atoms with Crippen molar-refractivity contribution in [2.75, 3.05) is 23.9 Å². The molecule has 1 aliphatic heterocycles. The predicted molar refractivity (Wildman–Crippen MR) is 107 cm³/mol. The van der Waals surface area contributed by atoms with Crippen LogP contribution in [0.4, 0.5) is 10.2 Å². The SMILES string of the molecule is O=C(NCCCCl)c1cnn2ccc(N3CCCC3c3cc(F)c[nH]c3=O)nc12. The molecule has 4 heterocycles. The average molecular weight is 419 g/mol. The molecule has 10 heteroatoms. The largest absolute Gasteiger partial charge is 0.352 e. The molecule has 1 unspecified atom stereocenters. The van der Waals surface area contributed by atoms with E-state index in [9.17, 15) is 14.0 Å². The molecule has 0 bridgehead atoms. The van der Waals surface area contributed by atoms with E-state index < -0.39 is 5.82 Å². The summed E-state index contributed by atoms with van der Waals surface area (Å²) in [6.45, 7) is 1.14. The lowest BCUT2D eigenvalue weighted by Crippen LogP contribution is -2.29. The number of carbonyl (C=O) groups is 1. The van der Waals surface area contributed by atoms with Crippen molar-refractivity contribution in [3.05, 3.63) is 58.0 Å². The van der Waals surface area contributed by atoms with Gasteiger partial charge >= 0.3 is 0 Å². The van der Waals surface area contributed by atoms with Crippen LogP contribution < -0.4 is 15.8 Å². The number of alkyl halides is 1. The summed E-state index contributed by atoms with van der Waals surface area (Å²) >= 11 is 5.65. The van der Waals surface area contributed by atoms with E-state index in [0.29, 0.717) is 54.4 Å². The number of hydrogen-bond donors (Lipinski definition) is 2. The fourth-order valence-corrected chi connectivity index (χ4v) is 3.76. The number of fused-ring (bicyclic) bond motifs is 1. The maximum absolute atomic E-state index is 13.7. The number of amides is 1. The van der Waals surface area contributed by atoms with Gasteiger partial charge in [-0.2, -0.15) is 5.10 Å². The Morgan fingerprint density at radius 3 is 3.14 bits per heavy atom. The van der Waals surface area contributed by atoms with Crippen molar-refractivity contribution >= 4 is 29.0 Å². The Bertz CT molecular complexity index is 1100. The summed E-state index contributed by atoms with van der Waals surface area (Å²) in [5, 5.41) is 6.98. The molecular weight excluding hydrogens is 399 g/mol. The Morgan fingerprint density at radius 2 is 2.31 bits per heavy atom. The van der Waals surface area contributed by atoms with Crippen LogP contribution in [0, 0.1) is 5.82 Å². The lowest BCUT2D eigenvalue weighted by Gasteiger charge is -2.25. The minimum atomic E-state index is -0.485. The smallest absolute Gasteiger partial charge is 0.256 e. The third-order valence-corrected chi connectivity index (χ3v) is 5.27. The predicted octanol–water partition coefficient (Wildman–Crippen LogP) is 2.26. The molecule has 0 aliphatic carbocycles. The molecule has 4 rings (SSSR count). The fourth-order valence-electron chi connectivity index (χ4n) is 3.63. The van der Waals surface area contributed by atoms with Crippen LogP contribution in [0.15, 0.2) is 35.5 Å². The van der Waals surface area contributed by atoms with Gasteiger partial charge in [-0.25, -0.2) is 13.9 Å². The maximum Gasteiger partial charge on any atom is 0.256 e. The number of carbonyl (C=O) groups excluding carboxylic acids is 1. The van der Waals surface area contributed by atoms with E-state index in [0.717, 1.165) is 12.6 Å². The number of H-pyrrole nitrogens is 1. The van der Waals surface area contributed by atoms with Crippen LogP contribution in [-0.2, 0) is 0 Å². The highest BCUT2D eigenvalue weighted by molar-refractivity contribution is 6.17. The number of nitrogens with zero attached hydrogens (tertiary/aromatic N) is 4. The van der Waals surface area contributed by atoms with Gasteiger partial charge in [0.1, 0.15) is 17.2 Å². The Kier molecular flexibility index (Phi) is 5.48. The van der Waals surface area contributed by atoms with Crippen LogP contribution in [0.5, 0.6) is 0 Å². The third kappa shape index (κ3) is 3.82. The molecule has 2 N–H and O–H groups in total. The lowest BCUT2D eigenvalue weighted by atomic mass is 10.1. The number of anilines is 1. The molecule has 0 radical (unpaired) electrons. The summed E-state index contributed by atoms with van der Waals surface area (Å²) in [5.41, 5.74) is 0.843. The van der Waals surface area contributed by atoms with Gasteiger partial charge < -0.3 is 15.2 Å². The molecule has 1 fully saturated rings. The zero-order chi connectivity index (χ0) is 20.4. The number of aromatic amines is 1. The molecule has 0 spiro atoms. The molecular formula is C19H20ClFN6O2. The van der Waals surface area contributed by atoms with Gasteiger partial charge in [0.05, 0.1) is 12.2 Å². The second kappa shape index (κ2) is 8.20. The van der Waals surface area contributed by atoms with E-state index in [2.05, 4.69) is 20.4 Å². The van der Waals surface area contributed by atoms with Crippen LogP contribution in [0.1, 0.15) is 41.2 Å². The molecule has 0 aromatic carbocycles. The molecule has 8 nitrogen and oxygen atoms in total. The Hall–Kier alpha value is -2.94. The molecule has 29 heavy (non-hydrogen) atoms. The van der Waals surface area contributed by atoms with Crippen LogP contribution >= 0.6 is 11.6 Å². The topological polar surface area (TPSA) is 95.4 Å². The molecule has 1 saturated heterocycles. The zero-order valence-electron chi connectivity index (χ0n) is 15.6. The van der Waals surface area contributed by atoms with E-state index in [1.807, 2.05) is 4.90 Å². The second-order valence-corrected chi connectivity index (χ2v) is 7.24. The number of rotatable bonds is 6. The van der Waals surface area contributed by atoms with Crippen molar-refractivity contribution in [2.24, 2.45) is 0 Å². The first-order valence-electron chi connectivity index (χ1n) is 9.42. The van der Waals surface area contributed by atoms with Crippen molar-refractivity contribution in [3.63, 3.8) is 0 Å². The van der Waals surface area contributed by atoms with Gasteiger partial charge in [-0.15, -0.1) is 11.6 Å². The standard InChI is InChI=1S/C19H20ClFN6O2/c20-5-2-6-22-19(29)14-11-24-27-8-4-16(25-17(14)27)26-7-1-3-15(26)13-9-12(21)10-23-18(13)28/h4,8-11,15H,1-3,5-7H2,(H,22,29)(H,23,28). The van der Waals surface area contributed by atoms with E-state index >= 15 is 0 Å². The first-order valence-corrected chi connectivity index (χ1v) is 9.95. The summed E-state index contributed by atoms with van der Waals surface area (Å²) in [4.78, 5) is 33.7. The monoisotopic (exact) mass is 418 g/mol. The summed E-state index contributed by atoms with van der Waals surface area (Å²) in [7, 11) is 0. The van der Waals surface area contributed by atoms with E-state index in [1.54, 1.807) is 12.3 Å². The number of hydrogen-bond acceptors (Lipinski definition) is 5. The summed E-state index contributed by atoms with van der Waals surface area (Å²) in [6.07, 6.45) is 6.47. The number of aromatic nitrogens is 4. The maximum atomic E-state index is 13.7.